The molecule has 1 aromatic carbocycles. The smallest absolute Gasteiger partial charge is 0.244 e. The Morgan fingerprint density at radius 3 is 2.88 bits per heavy atom. The largest absolute Gasteiger partial charge is 0.350 e. The molecule has 1 N–H and O–H groups in total. The average Bonchev–Trinajstić information content (AvgIpc) is 2.21. The molecule has 0 heterocycles. The monoisotopic (exact) mass is 219 g/mol. The average molecular weight is 219 g/mol. The van der Waals surface area contributed by atoms with Gasteiger partial charge in [-0.05, 0) is 43.0 Å². The molecule has 1 aromatic rings. The van der Waals surface area contributed by atoms with E-state index in [0.29, 0.717) is 11.6 Å². The van der Waals surface area contributed by atoms with E-state index in [4.69, 9.17) is 0 Å². The van der Waals surface area contributed by atoms with Crippen molar-refractivity contribution in [2.45, 2.75) is 25.3 Å². The van der Waals surface area contributed by atoms with E-state index in [1.54, 1.807) is 18.2 Å². The van der Waals surface area contributed by atoms with Gasteiger partial charge in [0.05, 0.1) is 0 Å². The molecule has 0 aromatic heterocycles. The maximum Gasteiger partial charge on any atom is 0.244 e. The van der Waals surface area contributed by atoms with Gasteiger partial charge in [-0.2, -0.15) is 0 Å². The van der Waals surface area contributed by atoms with Crippen molar-refractivity contribution < 1.29 is 9.18 Å². The first-order chi connectivity index (χ1) is 7.74. The van der Waals surface area contributed by atoms with Crippen LogP contribution in [0.25, 0.3) is 6.08 Å². The van der Waals surface area contributed by atoms with E-state index in [2.05, 4.69) is 5.32 Å². The summed E-state index contributed by atoms with van der Waals surface area (Å²) in [6.45, 7) is 0. The highest BCUT2D eigenvalue weighted by atomic mass is 19.1. The van der Waals surface area contributed by atoms with Crippen molar-refractivity contribution in [3.63, 3.8) is 0 Å². The number of carbonyl (C=O) groups is 1. The summed E-state index contributed by atoms with van der Waals surface area (Å²) in [7, 11) is 0. The van der Waals surface area contributed by atoms with Crippen LogP contribution in [0.15, 0.2) is 30.3 Å². The van der Waals surface area contributed by atoms with Gasteiger partial charge in [0.15, 0.2) is 0 Å². The minimum absolute atomic E-state index is 0.103. The van der Waals surface area contributed by atoms with E-state index in [9.17, 15) is 9.18 Å². The first kappa shape index (κ1) is 10.9. The van der Waals surface area contributed by atoms with Gasteiger partial charge in [-0.25, -0.2) is 4.39 Å². The molecule has 0 aliphatic heterocycles. The molecule has 0 spiro atoms. The van der Waals surface area contributed by atoms with Crippen LogP contribution in [0.4, 0.5) is 4.39 Å². The van der Waals surface area contributed by atoms with Crippen LogP contribution in [0.1, 0.15) is 24.8 Å². The number of amides is 1. The van der Waals surface area contributed by atoms with Crippen molar-refractivity contribution in [1.29, 1.82) is 0 Å². The van der Waals surface area contributed by atoms with Gasteiger partial charge in [0.1, 0.15) is 5.82 Å². The van der Waals surface area contributed by atoms with Crippen LogP contribution in [0, 0.1) is 5.82 Å². The molecule has 0 radical (unpaired) electrons. The van der Waals surface area contributed by atoms with Crippen molar-refractivity contribution in [3.8, 4) is 0 Å². The van der Waals surface area contributed by atoms with Gasteiger partial charge in [0.25, 0.3) is 0 Å². The minimum Gasteiger partial charge on any atom is -0.350 e. The summed E-state index contributed by atoms with van der Waals surface area (Å²) < 4.78 is 12.8. The molecule has 3 heteroatoms. The molecule has 1 saturated carbocycles. The molecule has 0 saturated heterocycles. The summed E-state index contributed by atoms with van der Waals surface area (Å²) in [6.07, 6.45) is 6.40. The van der Waals surface area contributed by atoms with Crippen molar-refractivity contribution in [2.75, 3.05) is 0 Å². The highest BCUT2D eigenvalue weighted by molar-refractivity contribution is 5.91. The molecular formula is C13H14FNO. The lowest BCUT2D eigenvalue weighted by Crippen LogP contribution is -2.38. The zero-order chi connectivity index (χ0) is 11.4. The van der Waals surface area contributed by atoms with Crippen molar-refractivity contribution in [3.05, 3.63) is 41.7 Å². The fourth-order valence-electron chi connectivity index (χ4n) is 1.58. The van der Waals surface area contributed by atoms with Gasteiger partial charge in [-0.15, -0.1) is 0 Å². The fourth-order valence-corrected chi connectivity index (χ4v) is 1.58. The minimum atomic E-state index is -0.290. The highest BCUT2D eigenvalue weighted by Gasteiger charge is 2.17. The number of benzene rings is 1. The van der Waals surface area contributed by atoms with E-state index < -0.39 is 0 Å². The molecule has 1 fully saturated rings. The van der Waals surface area contributed by atoms with Gasteiger partial charge in [0, 0.05) is 12.1 Å². The van der Waals surface area contributed by atoms with Crippen LogP contribution in [0.2, 0.25) is 0 Å². The summed E-state index contributed by atoms with van der Waals surface area (Å²) in [4.78, 5) is 11.4. The Balaban J connectivity index is 1.90. The molecule has 2 rings (SSSR count). The van der Waals surface area contributed by atoms with Crippen LogP contribution in [-0.2, 0) is 4.79 Å². The van der Waals surface area contributed by atoms with E-state index in [-0.39, 0.29) is 11.7 Å². The molecule has 0 atom stereocenters. The highest BCUT2D eigenvalue weighted by Crippen LogP contribution is 2.17. The first-order valence-electron chi connectivity index (χ1n) is 5.48. The van der Waals surface area contributed by atoms with Gasteiger partial charge in [-0.1, -0.05) is 12.1 Å². The van der Waals surface area contributed by atoms with Gasteiger partial charge >= 0.3 is 0 Å². The summed E-state index contributed by atoms with van der Waals surface area (Å²) in [5.74, 6) is -0.393. The summed E-state index contributed by atoms with van der Waals surface area (Å²) in [6, 6.07) is 6.50. The number of hydrogen-bond donors (Lipinski definition) is 1. The van der Waals surface area contributed by atoms with Gasteiger partial charge < -0.3 is 5.32 Å². The number of rotatable bonds is 3. The third-order valence-corrected chi connectivity index (χ3v) is 2.73. The lowest BCUT2D eigenvalue weighted by Gasteiger charge is -2.25. The second kappa shape index (κ2) is 4.92. The molecule has 0 bridgehead atoms. The molecule has 1 aliphatic carbocycles. The summed E-state index contributed by atoms with van der Waals surface area (Å²) >= 11 is 0. The summed E-state index contributed by atoms with van der Waals surface area (Å²) in [5.41, 5.74) is 0.698. The Hall–Kier alpha value is -1.64. The lowest BCUT2D eigenvalue weighted by atomic mass is 9.93. The van der Waals surface area contributed by atoms with E-state index in [0.717, 1.165) is 12.8 Å². The van der Waals surface area contributed by atoms with Crippen LogP contribution < -0.4 is 5.32 Å². The molecule has 1 aliphatic rings. The summed E-state index contributed by atoms with van der Waals surface area (Å²) in [5, 5.41) is 2.88. The van der Waals surface area contributed by atoms with Crippen LogP contribution >= 0.6 is 0 Å². The zero-order valence-corrected chi connectivity index (χ0v) is 8.95. The van der Waals surface area contributed by atoms with Crippen LogP contribution in [0.5, 0.6) is 0 Å². The Morgan fingerprint density at radius 2 is 2.25 bits per heavy atom. The van der Waals surface area contributed by atoms with Crippen molar-refractivity contribution >= 4 is 12.0 Å². The fraction of sp³-hybridized carbons (Fsp3) is 0.308. The predicted molar refractivity (Wildman–Crippen MR) is 61.2 cm³/mol. The lowest BCUT2D eigenvalue weighted by molar-refractivity contribution is -0.117. The number of hydrogen-bond acceptors (Lipinski definition) is 1. The number of carbonyl (C=O) groups excluding carboxylic acids is 1. The van der Waals surface area contributed by atoms with Crippen LogP contribution in [-0.4, -0.2) is 11.9 Å². The third kappa shape index (κ3) is 2.92. The SMILES string of the molecule is O=C(C=Cc1cccc(F)c1)NC1CCC1. The maximum absolute atomic E-state index is 12.8. The normalized spacial score (nSPS) is 16.1. The first-order valence-corrected chi connectivity index (χ1v) is 5.48. The zero-order valence-electron chi connectivity index (χ0n) is 8.95. The van der Waals surface area contributed by atoms with E-state index in [1.165, 1.54) is 24.6 Å². The Morgan fingerprint density at radius 1 is 1.44 bits per heavy atom. The van der Waals surface area contributed by atoms with E-state index in [1.807, 2.05) is 0 Å². The Kier molecular flexibility index (Phi) is 3.34. The topological polar surface area (TPSA) is 29.1 Å². The second-order valence-corrected chi connectivity index (χ2v) is 4.02. The van der Waals surface area contributed by atoms with Gasteiger partial charge in [-0.3, -0.25) is 4.79 Å². The molecule has 1 amide bonds. The molecular weight excluding hydrogens is 205 g/mol. The third-order valence-electron chi connectivity index (χ3n) is 2.73. The van der Waals surface area contributed by atoms with Gasteiger partial charge in [0.2, 0.25) is 5.91 Å². The quantitative estimate of drug-likeness (QED) is 0.777. The van der Waals surface area contributed by atoms with Crippen molar-refractivity contribution in [1.82, 2.24) is 5.32 Å². The number of nitrogens with one attached hydrogen (secondary N) is 1. The van der Waals surface area contributed by atoms with Crippen molar-refractivity contribution in [2.24, 2.45) is 0 Å². The van der Waals surface area contributed by atoms with E-state index >= 15 is 0 Å². The second-order valence-electron chi connectivity index (χ2n) is 4.02. The Labute approximate surface area is 94.2 Å². The molecule has 16 heavy (non-hydrogen) atoms. The Bertz CT molecular complexity index is 410. The maximum atomic E-state index is 12.8. The van der Waals surface area contributed by atoms with Crippen LogP contribution in [0.3, 0.4) is 0 Å². The standard InChI is InChI=1S/C13H14FNO/c14-11-4-1-3-10(9-11)7-8-13(16)15-12-5-2-6-12/h1,3-4,7-9,12H,2,5-6H2,(H,15,16). The molecule has 0 unspecified atom stereocenters. The number of halogens is 1. The molecule has 84 valence electrons. The molecule has 2 nitrogen and oxygen atoms in total. The predicted octanol–water partition coefficient (Wildman–Crippen LogP) is 2.51.